The van der Waals surface area contributed by atoms with E-state index in [0.29, 0.717) is 5.57 Å². The van der Waals surface area contributed by atoms with E-state index in [9.17, 15) is 9.59 Å². The van der Waals surface area contributed by atoms with Gasteiger partial charge in [-0.25, -0.2) is 0 Å². The van der Waals surface area contributed by atoms with Crippen LogP contribution in [0.4, 0.5) is 0 Å². The molecule has 0 bridgehead atoms. The molecule has 0 atom stereocenters. The van der Waals surface area contributed by atoms with Gasteiger partial charge in [-0.1, -0.05) is 12.2 Å². The van der Waals surface area contributed by atoms with E-state index in [0.717, 1.165) is 6.29 Å². The minimum Gasteiger partial charge on any atom is -0.298 e. The molecule has 0 amide bonds. The number of carbonyl (C=O) groups excluding carboxylic acids is 2. The molecule has 0 unspecified atom stereocenters. The second kappa shape index (κ2) is 4.68. The van der Waals surface area contributed by atoms with Crippen LogP contribution in [0.25, 0.3) is 0 Å². The Labute approximate surface area is 60.2 Å². The summed E-state index contributed by atoms with van der Waals surface area (Å²) in [5, 5.41) is 0. The fourth-order valence-electron chi connectivity index (χ4n) is 0.375. The highest BCUT2D eigenvalue weighted by Crippen LogP contribution is 1.86. The van der Waals surface area contributed by atoms with Gasteiger partial charge in [0.05, 0.1) is 0 Å². The molecule has 54 valence electrons. The third kappa shape index (κ3) is 4.97. The summed E-state index contributed by atoms with van der Waals surface area (Å²) in [6.07, 6.45) is 5.30. The Balaban J connectivity index is 3.93. The van der Waals surface area contributed by atoms with Gasteiger partial charge < -0.3 is 0 Å². The summed E-state index contributed by atoms with van der Waals surface area (Å²) in [5.41, 5.74) is 0.609. The van der Waals surface area contributed by atoms with Crippen LogP contribution in [0.1, 0.15) is 13.8 Å². The molecule has 0 aromatic rings. The Morgan fingerprint density at radius 3 is 2.30 bits per heavy atom. The number of ketones is 1. The lowest BCUT2D eigenvalue weighted by Crippen LogP contribution is -1.79. The molecule has 0 aromatic heterocycles. The van der Waals surface area contributed by atoms with Gasteiger partial charge in [-0.15, -0.1) is 0 Å². The molecule has 0 aliphatic heterocycles. The van der Waals surface area contributed by atoms with Crippen molar-refractivity contribution in [3.8, 4) is 0 Å². The fourth-order valence-corrected chi connectivity index (χ4v) is 0.375. The summed E-state index contributed by atoms with van der Waals surface area (Å²) in [7, 11) is 0. The molecule has 0 saturated heterocycles. The van der Waals surface area contributed by atoms with E-state index >= 15 is 0 Å². The van der Waals surface area contributed by atoms with Crippen LogP contribution in [-0.4, -0.2) is 12.1 Å². The van der Waals surface area contributed by atoms with E-state index in [-0.39, 0.29) is 5.78 Å². The number of allylic oxidation sites excluding steroid dienone is 4. The minimum atomic E-state index is -0.0186. The smallest absolute Gasteiger partial charge is 0.152 e. The normalized spacial score (nSPS) is 12.0. The molecule has 0 heterocycles. The van der Waals surface area contributed by atoms with Crippen LogP contribution in [0.3, 0.4) is 0 Å². The van der Waals surface area contributed by atoms with Gasteiger partial charge >= 0.3 is 0 Å². The van der Waals surface area contributed by atoms with Crippen molar-refractivity contribution in [1.82, 2.24) is 0 Å². The fraction of sp³-hybridized carbons (Fsp3) is 0.250. The van der Waals surface area contributed by atoms with Crippen molar-refractivity contribution in [3.05, 3.63) is 23.8 Å². The number of rotatable bonds is 3. The van der Waals surface area contributed by atoms with Crippen LogP contribution < -0.4 is 0 Å². The molecule has 0 aromatic carbocycles. The summed E-state index contributed by atoms with van der Waals surface area (Å²) in [6, 6.07) is 0. The summed E-state index contributed by atoms with van der Waals surface area (Å²) in [5.74, 6) is -0.0186. The van der Waals surface area contributed by atoms with Gasteiger partial charge in [0.25, 0.3) is 0 Å². The Bertz CT molecular complexity index is 187. The number of hydrogen-bond donors (Lipinski definition) is 0. The van der Waals surface area contributed by atoms with E-state index < -0.39 is 0 Å². The van der Waals surface area contributed by atoms with E-state index in [4.69, 9.17) is 0 Å². The highest BCUT2D eigenvalue weighted by Gasteiger charge is 1.80. The number of aldehydes is 1. The van der Waals surface area contributed by atoms with Gasteiger partial charge in [-0.2, -0.15) is 0 Å². The van der Waals surface area contributed by atoms with E-state index in [1.165, 1.54) is 13.0 Å². The van der Waals surface area contributed by atoms with Crippen molar-refractivity contribution in [2.24, 2.45) is 0 Å². The Morgan fingerprint density at radius 2 is 1.90 bits per heavy atom. The van der Waals surface area contributed by atoms with E-state index in [1.807, 2.05) is 0 Å². The first kappa shape index (κ1) is 8.82. The van der Waals surface area contributed by atoms with Crippen LogP contribution in [0.15, 0.2) is 23.8 Å². The predicted molar refractivity (Wildman–Crippen MR) is 39.6 cm³/mol. The van der Waals surface area contributed by atoms with Crippen molar-refractivity contribution < 1.29 is 9.59 Å². The zero-order chi connectivity index (χ0) is 7.98. The molecular weight excluding hydrogens is 128 g/mol. The monoisotopic (exact) mass is 138 g/mol. The van der Waals surface area contributed by atoms with Gasteiger partial charge in [0.15, 0.2) is 5.78 Å². The van der Waals surface area contributed by atoms with Gasteiger partial charge in [0.1, 0.15) is 6.29 Å². The van der Waals surface area contributed by atoms with Gasteiger partial charge in [0.2, 0.25) is 0 Å². The molecule has 2 heteroatoms. The average Bonchev–Trinajstić information content (AvgIpc) is 1.87. The molecular formula is C8H10O2. The van der Waals surface area contributed by atoms with Gasteiger partial charge in [-0.3, -0.25) is 9.59 Å². The maximum atomic E-state index is 10.3. The lowest BCUT2D eigenvalue weighted by molar-refractivity contribution is -0.112. The first-order valence-corrected chi connectivity index (χ1v) is 2.97. The quantitative estimate of drug-likeness (QED) is 0.334. The Kier molecular flexibility index (Phi) is 4.12. The summed E-state index contributed by atoms with van der Waals surface area (Å²) in [4.78, 5) is 20.3. The van der Waals surface area contributed by atoms with Crippen LogP contribution in [0.2, 0.25) is 0 Å². The van der Waals surface area contributed by atoms with Crippen molar-refractivity contribution in [3.63, 3.8) is 0 Å². The molecule has 0 aliphatic rings. The second-order valence-electron chi connectivity index (χ2n) is 2.00. The standard InChI is InChI=1S/C8H10O2/c1-7(6-9)4-3-5-8(2)10/h3-6H,1-2H3/b5-3+,7-4+. The SMILES string of the molecule is CC(=O)/C=C/C=C(\C)C=O. The molecule has 0 spiro atoms. The summed E-state index contributed by atoms with van der Waals surface area (Å²) in [6.45, 7) is 3.14. The van der Waals surface area contributed by atoms with Crippen LogP contribution >= 0.6 is 0 Å². The molecule has 2 nitrogen and oxygen atoms in total. The van der Waals surface area contributed by atoms with Crippen molar-refractivity contribution >= 4 is 12.1 Å². The first-order chi connectivity index (χ1) is 4.66. The highest BCUT2D eigenvalue weighted by atomic mass is 16.1. The predicted octanol–water partition coefficient (Wildman–Crippen LogP) is 1.28. The van der Waals surface area contributed by atoms with Gasteiger partial charge in [0, 0.05) is 0 Å². The largest absolute Gasteiger partial charge is 0.298 e. The summed E-state index contributed by atoms with van der Waals surface area (Å²) < 4.78 is 0. The summed E-state index contributed by atoms with van der Waals surface area (Å²) >= 11 is 0. The molecule has 0 aliphatic carbocycles. The number of carbonyl (C=O) groups is 2. The van der Waals surface area contributed by atoms with Crippen LogP contribution in [-0.2, 0) is 9.59 Å². The topological polar surface area (TPSA) is 34.1 Å². The van der Waals surface area contributed by atoms with Crippen LogP contribution in [0.5, 0.6) is 0 Å². The highest BCUT2D eigenvalue weighted by molar-refractivity contribution is 5.87. The van der Waals surface area contributed by atoms with Crippen LogP contribution in [0, 0.1) is 0 Å². The lowest BCUT2D eigenvalue weighted by atomic mass is 10.3. The Morgan fingerprint density at radius 1 is 1.30 bits per heavy atom. The molecule has 0 saturated carbocycles. The third-order valence-corrected chi connectivity index (χ3v) is 0.876. The molecule has 0 rings (SSSR count). The van der Waals surface area contributed by atoms with Crippen molar-refractivity contribution in [1.29, 1.82) is 0 Å². The zero-order valence-electron chi connectivity index (χ0n) is 6.13. The lowest BCUT2D eigenvalue weighted by Gasteiger charge is -1.79. The molecule has 0 radical (unpaired) electrons. The Hall–Kier alpha value is -1.18. The van der Waals surface area contributed by atoms with Gasteiger partial charge in [-0.05, 0) is 25.5 Å². The number of hydrogen-bond acceptors (Lipinski definition) is 2. The van der Waals surface area contributed by atoms with E-state index in [1.54, 1.807) is 19.1 Å². The molecule has 0 fully saturated rings. The average molecular weight is 138 g/mol. The van der Waals surface area contributed by atoms with Crippen molar-refractivity contribution in [2.45, 2.75) is 13.8 Å². The molecule has 10 heavy (non-hydrogen) atoms. The van der Waals surface area contributed by atoms with E-state index in [2.05, 4.69) is 0 Å². The zero-order valence-corrected chi connectivity index (χ0v) is 6.13. The maximum absolute atomic E-state index is 10.3. The maximum Gasteiger partial charge on any atom is 0.152 e. The third-order valence-electron chi connectivity index (χ3n) is 0.876. The minimum absolute atomic E-state index is 0.0186. The molecule has 0 N–H and O–H groups in total. The second-order valence-corrected chi connectivity index (χ2v) is 2.00. The van der Waals surface area contributed by atoms with Crippen molar-refractivity contribution in [2.75, 3.05) is 0 Å². The first-order valence-electron chi connectivity index (χ1n) is 2.97.